The summed E-state index contributed by atoms with van der Waals surface area (Å²) in [6, 6.07) is 39.6. The van der Waals surface area contributed by atoms with Crippen molar-refractivity contribution >= 4 is 68.2 Å². The number of anilines is 1. The first-order valence-corrected chi connectivity index (χ1v) is 37.7. The Morgan fingerprint density at radius 1 is 0.467 bits per heavy atom. The molecule has 107 heavy (non-hydrogen) atoms. The smallest absolute Gasteiger partial charge is 0.341 e. The molecule has 0 atom stereocenters. The third kappa shape index (κ3) is 24.8. The van der Waals surface area contributed by atoms with Crippen LogP contribution in [0.2, 0.25) is 5.35 Å². The van der Waals surface area contributed by atoms with Gasteiger partial charge in [-0.15, -0.1) is 0 Å². The molecule has 4 aliphatic heterocycles. The van der Waals surface area contributed by atoms with Crippen molar-refractivity contribution in [2.75, 3.05) is 84.6 Å². The molecule has 3 saturated heterocycles. The molecule has 11 aromatic rings. The van der Waals surface area contributed by atoms with E-state index >= 15 is 0 Å². The van der Waals surface area contributed by atoms with Gasteiger partial charge in [-0.25, -0.2) is 45.2 Å². The van der Waals surface area contributed by atoms with Crippen LogP contribution in [0, 0.1) is 34.9 Å². The molecule has 0 radical (unpaired) electrons. The van der Waals surface area contributed by atoms with Gasteiger partial charge in [0, 0.05) is 135 Å². The molecule has 6 aromatic carbocycles. The van der Waals surface area contributed by atoms with Gasteiger partial charge in [-0.3, -0.25) is 18.9 Å². The van der Waals surface area contributed by atoms with Gasteiger partial charge < -0.3 is 38.6 Å². The molecular weight excluding hydrogens is 1510 g/mol. The Morgan fingerprint density at radius 2 is 0.850 bits per heavy atom. The fraction of sp³-hybridized carbons (Fsp3) is 0.250. The van der Waals surface area contributed by atoms with Crippen LogP contribution in [0.1, 0.15) is 41.5 Å². The van der Waals surface area contributed by atoms with Crippen molar-refractivity contribution in [3.05, 3.63) is 257 Å². The predicted molar refractivity (Wildman–Crippen MR) is 392 cm³/mol. The number of nitrogens with zero attached hydrogens (tertiary/aromatic N) is 14. The minimum absolute atomic E-state index is 0.0756. The summed E-state index contributed by atoms with van der Waals surface area (Å²) in [4.78, 5) is 67.7. The number of benzene rings is 6. The van der Waals surface area contributed by atoms with Crippen LogP contribution in [-0.2, 0) is 38.6 Å². The maximum absolute atomic E-state index is 13.6. The summed E-state index contributed by atoms with van der Waals surface area (Å²) in [7, 11) is 4.23. The van der Waals surface area contributed by atoms with Crippen LogP contribution < -0.4 is 26.9 Å². The molecule has 0 unspecified atom stereocenters. The van der Waals surface area contributed by atoms with E-state index in [0.29, 0.717) is 40.2 Å². The number of piperazine rings is 2. The lowest BCUT2D eigenvalue weighted by Gasteiger charge is -2.30. The van der Waals surface area contributed by atoms with E-state index in [9.17, 15) is 50.1 Å². The van der Waals surface area contributed by atoms with E-state index in [-0.39, 0.29) is 76.2 Å². The number of oxime groups is 1. The van der Waals surface area contributed by atoms with E-state index in [4.69, 9.17) is 25.4 Å². The van der Waals surface area contributed by atoms with E-state index in [0.717, 1.165) is 117 Å². The maximum Gasteiger partial charge on any atom is 0.341 e. The lowest BCUT2D eigenvalue weighted by Crippen LogP contribution is -2.44. The van der Waals surface area contributed by atoms with Crippen molar-refractivity contribution < 1.29 is 54.3 Å². The lowest BCUT2D eigenvalue weighted by atomic mass is 10.0. The summed E-state index contributed by atoms with van der Waals surface area (Å²) in [5.41, 5.74) is 5.43. The Labute approximate surface area is 626 Å². The van der Waals surface area contributed by atoms with Crippen LogP contribution in [0.3, 0.4) is 0 Å². The van der Waals surface area contributed by atoms with E-state index in [1.165, 1.54) is 88.5 Å². The van der Waals surface area contributed by atoms with Crippen molar-refractivity contribution in [3.8, 4) is 56.5 Å². The van der Waals surface area contributed by atoms with E-state index in [1.54, 1.807) is 48.5 Å². The molecule has 0 bridgehead atoms. The molecule has 3 fully saturated rings. The molecule has 24 nitrogen and oxygen atoms in total. The van der Waals surface area contributed by atoms with Gasteiger partial charge in [0.25, 0.3) is 16.7 Å². The highest BCUT2D eigenvalue weighted by Crippen LogP contribution is 2.61. The number of hydrogen-bond donors (Lipinski definition) is 1. The second kappa shape index (κ2) is 38.0. The number of carbonyl (C=O) groups excluding carboxylic acids is 1. The van der Waals surface area contributed by atoms with Crippen LogP contribution in [0.4, 0.5) is 32.4 Å². The minimum atomic E-state index is -3.22. The van der Waals surface area contributed by atoms with E-state index in [2.05, 4.69) is 113 Å². The molecule has 5 aromatic heterocycles. The number of rotatable bonds is 13. The molecule has 0 saturated carbocycles. The van der Waals surface area contributed by atoms with Gasteiger partial charge in [0.1, 0.15) is 34.9 Å². The van der Waals surface area contributed by atoms with Gasteiger partial charge in [-0.1, -0.05) is 70.1 Å². The molecular formula is C72H66Cl4F6N15O9P. The first kappa shape index (κ1) is 79.6. The van der Waals surface area contributed by atoms with Crippen LogP contribution >= 0.6 is 50.5 Å². The summed E-state index contributed by atoms with van der Waals surface area (Å²) < 4.78 is 110. The summed E-state index contributed by atoms with van der Waals surface area (Å²) in [5.74, 6) is -3.96. The SMILES string of the molecule is C1CCOC1.CN1CCN(c2nc(-c3cccc(Cn4nc(-c5cc(F)cc(F)c5)ccc4=O)c3)no2)CC1.CN1CCNCC1.O=C1CC(c2cccc(Cn3nc(-c4cc(F)cc(F)c4)ccc3=O)c2)=NO1.O=P(Cl)(Cl)Cl.O=c1ccc(-c2cc(F)cc(F)c2)nn1Cc1cccc(-c2noc(Cl)n2)c1. The molecule has 15 rings (SSSR count). The quantitative estimate of drug-likeness (QED) is 0.0638. The normalized spacial score (nSPS) is 14.3. The summed E-state index contributed by atoms with van der Waals surface area (Å²) >= 11 is 19.5. The zero-order valence-corrected chi connectivity index (χ0v) is 61.0. The Bertz CT molecular complexity index is 5090. The number of carbonyl (C=O) groups is 1. The zero-order valence-electron chi connectivity index (χ0n) is 57.1. The maximum atomic E-state index is 13.6. The number of likely N-dealkylation sites (N-methyl/N-ethyl adjacent to an activating group) is 2. The van der Waals surface area contributed by atoms with Crippen LogP contribution in [0.5, 0.6) is 0 Å². The predicted octanol–water partition coefficient (Wildman–Crippen LogP) is 13.0. The van der Waals surface area contributed by atoms with Gasteiger partial charge >= 0.3 is 22.5 Å². The van der Waals surface area contributed by atoms with Crippen molar-refractivity contribution in [1.82, 2.24) is 64.7 Å². The molecule has 0 spiro atoms. The highest BCUT2D eigenvalue weighted by atomic mass is 36.0. The van der Waals surface area contributed by atoms with E-state index < -0.39 is 46.1 Å². The Kier molecular flexibility index (Phi) is 28.2. The van der Waals surface area contributed by atoms with Crippen molar-refractivity contribution in [3.63, 3.8) is 0 Å². The molecule has 1 N–H and O–H groups in total. The molecule has 0 aliphatic carbocycles. The van der Waals surface area contributed by atoms with Crippen LogP contribution in [0.25, 0.3) is 56.5 Å². The zero-order chi connectivity index (χ0) is 76.2. The second-order valence-electron chi connectivity index (χ2n) is 24.2. The standard InChI is InChI=1S/C24H22F2N6O2.C20H13F2N3O3.C19H11ClF2N4O2.C5H12N2.C4H8O.Cl3OP/c1-30-7-9-31(10-8-30)24-27-23(29-34-24)17-4-2-3-16(11-17)15-32-22(33)6-5-21(28-32)18-12-19(25)14-20(26)13-18;21-15-7-14(8-16(22)9-15)17-4-5-19(26)25(23-17)11-12-2-1-3-13(6-12)18-10-20(27)28-24-18;20-19-23-18(25-28-19)12-3-1-2-11(6-12)10-26-17(27)5-4-16(24-26)13-7-14(21)9-15(22)8-13;1-7-4-2-6-3-5-7;1-2-4-5-3-1;1-5(2,3)4/h2-6,11-14H,7-10,15H2,1H3;1-9H,10-11H2;1-9H,10H2;6H,2-5H2,1H3;1-4H2;. The minimum Gasteiger partial charge on any atom is -0.381 e. The number of halogens is 10. The number of ether oxygens (including phenoxy) is 1. The van der Waals surface area contributed by atoms with Crippen molar-refractivity contribution in [2.24, 2.45) is 5.16 Å². The van der Waals surface area contributed by atoms with Crippen LogP contribution in [0.15, 0.2) is 192 Å². The Morgan fingerprint density at radius 3 is 1.21 bits per heavy atom. The van der Waals surface area contributed by atoms with Gasteiger partial charge in [0.2, 0.25) is 11.6 Å². The van der Waals surface area contributed by atoms with Crippen molar-refractivity contribution in [2.45, 2.75) is 38.9 Å². The fourth-order valence-corrected chi connectivity index (χ4v) is 10.9. The second-order valence-corrected chi connectivity index (χ2v) is 31.2. The number of aromatic nitrogens is 10. The Balaban J connectivity index is 0.000000154. The topological polar surface area (TPSA) is 269 Å². The fourth-order valence-electron chi connectivity index (χ4n) is 10.8. The Hall–Kier alpha value is -10.0. The molecule has 35 heteroatoms. The molecule has 4 aliphatic rings. The summed E-state index contributed by atoms with van der Waals surface area (Å²) in [5, 5.41) is 24.3. The first-order chi connectivity index (χ1) is 51.3. The number of hydrogen-bond acceptors (Lipinski definition) is 21. The molecule has 558 valence electrons. The third-order valence-electron chi connectivity index (χ3n) is 16.0. The van der Waals surface area contributed by atoms with Crippen molar-refractivity contribution in [1.29, 1.82) is 0 Å². The summed E-state index contributed by atoms with van der Waals surface area (Å²) in [6.45, 7) is 10.7. The van der Waals surface area contributed by atoms with Gasteiger partial charge in [-0.05, 0) is 162 Å². The molecule has 9 heterocycles. The van der Waals surface area contributed by atoms with Gasteiger partial charge in [0.05, 0.1) is 48.8 Å². The lowest BCUT2D eigenvalue weighted by molar-refractivity contribution is -0.140. The highest BCUT2D eigenvalue weighted by molar-refractivity contribution is 8.24. The highest BCUT2D eigenvalue weighted by Gasteiger charge is 2.22. The molecule has 0 amide bonds. The van der Waals surface area contributed by atoms with Crippen LogP contribution in [-0.4, -0.2) is 151 Å². The largest absolute Gasteiger partial charge is 0.381 e. The van der Waals surface area contributed by atoms with Gasteiger partial charge in [-0.2, -0.15) is 25.3 Å². The van der Waals surface area contributed by atoms with E-state index in [1.807, 2.05) is 24.3 Å². The van der Waals surface area contributed by atoms with Gasteiger partial charge in [0.15, 0.2) is 0 Å². The monoisotopic (exact) mass is 1570 g/mol. The third-order valence-corrected chi connectivity index (χ3v) is 16.2. The first-order valence-electron chi connectivity index (χ1n) is 32.9. The summed E-state index contributed by atoms with van der Waals surface area (Å²) in [6.07, 6.45) is 2.64. The number of nitrogens with one attached hydrogen (secondary N) is 1. The average molecular weight is 1570 g/mol. The average Bonchev–Trinajstić information content (AvgIpc) is 1.80.